The van der Waals surface area contributed by atoms with Gasteiger partial charge in [0.1, 0.15) is 18.4 Å². The molecule has 0 saturated carbocycles. The van der Waals surface area contributed by atoms with E-state index in [2.05, 4.69) is 12.2 Å². The highest BCUT2D eigenvalue weighted by Crippen LogP contribution is 2.40. The van der Waals surface area contributed by atoms with Crippen LogP contribution in [0.15, 0.2) is 65.0 Å². The van der Waals surface area contributed by atoms with Crippen molar-refractivity contribution in [1.29, 1.82) is 0 Å². The van der Waals surface area contributed by atoms with E-state index >= 15 is 0 Å². The number of allylic oxidation sites excluding steroid dienone is 1. The standard InChI is InChI=1S/C27H31ClN4O3S/c1-5-6-15-36-27-30-26-29-18(4)23(25(33)35-17(2)3)24(32(26)31-27)20-12-8-10-14-22(20)34-16-19-11-7-9-13-21(19)28/h7-14,17,24H,5-6,15-16H2,1-4H3,(H,29,30,31). The summed E-state index contributed by atoms with van der Waals surface area (Å²) in [5, 5.41) is 9.35. The van der Waals surface area contributed by atoms with E-state index in [0.29, 0.717) is 39.8 Å². The van der Waals surface area contributed by atoms with Crippen LogP contribution in [0.3, 0.4) is 0 Å². The third-order valence-electron chi connectivity index (χ3n) is 5.68. The minimum Gasteiger partial charge on any atom is -0.488 e. The van der Waals surface area contributed by atoms with Crippen molar-refractivity contribution in [3.05, 3.63) is 76.0 Å². The molecule has 1 aliphatic heterocycles. The van der Waals surface area contributed by atoms with Crippen molar-refractivity contribution >= 4 is 35.3 Å². The van der Waals surface area contributed by atoms with Crippen molar-refractivity contribution in [3.63, 3.8) is 0 Å². The lowest BCUT2D eigenvalue weighted by Gasteiger charge is -2.29. The molecule has 0 amide bonds. The zero-order valence-corrected chi connectivity index (χ0v) is 22.5. The van der Waals surface area contributed by atoms with Gasteiger partial charge in [0.2, 0.25) is 11.1 Å². The van der Waals surface area contributed by atoms with Gasteiger partial charge in [0.05, 0.1) is 11.7 Å². The Labute approximate surface area is 221 Å². The highest BCUT2D eigenvalue weighted by Gasteiger charge is 2.37. The first kappa shape index (κ1) is 26.1. The Morgan fingerprint density at radius 1 is 1.19 bits per heavy atom. The summed E-state index contributed by atoms with van der Waals surface area (Å²) in [4.78, 5) is 18.0. The number of hydrogen-bond donors (Lipinski definition) is 1. The topological polar surface area (TPSA) is 78.3 Å². The number of unbranched alkanes of at least 4 members (excludes halogenated alkanes) is 1. The van der Waals surface area contributed by atoms with Gasteiger partial charge in [0.15, 0.2) is 0 Å². The molecule has 1 aromatic heterocycles. The van der Waals surface area contributed by atoms with Gasteiger partial charge in [-0.05, 0) is 39.3 Å². The second kappa shape index (κ2) is 11.8. The lowest BCUT2D eigenvalue weighted by molar-refractivity contribution is -0.143. The summed E-state index contributed by atoms with van der Waals surface area (Å²) in [7, 11) is 0. The molecule has 190 valence electrons. The number of halogens is 1. The smallest absolute Gasteiger partial charge is 0.338 e. The van der Waals surface area contributed by atoms with E-state index in [1.807, 2.05) is 69.3 Å². The lowest BCUT2D eigenvalue weighted by Crippen LogP contribution is -2.31. The molecule has 7 nitrogen and oxygen atoms in total. The average Bonchev–Trinajstić information content (AvgIpc) is 3.25. The second-order valence-corrected chi connectivity index (χ2v) is 10.3. The van der Waals surface area contributed by atoms with Gasteiger partial charge >= 0.3 is 5.97 Å². The molecule has 0 saturated heterocycles. The highest BCUT2D eigenvalue weighted by atomic mass is 35.5. The maximum absolute atomic E-state index is 13.3. The maximum Gasteiger partial charge on any atom is 0.338 e. The predicted octanol–water partition coefficient (Wildman–Crippen LogP) is 6.64. The fourth-order valence-electron chi connectivity index (χ4n) is 3.94. The van der Waals surface area contributed by atoms with Crippen LogP contribution >= 0.6 is 23.4 Å². The normalized spacial score (nSPS) is 15.0. The number of para-hydroxylation sites is 1. The predicted molar refractivity (Wildman–Crippen MR) is 144 cm³/mol. The van der Waals surface area contributed by atoms with Gasteiger partial charge in [-0.1, -0.05) is 73.1 Å². The number of thioether (sulfide) groups is 1. The number of nitrogens with one attached hydrogen (secondary N) is 1. The van der Waals surface area contributed by atoms with Gasteiger partial charge in [-0.25, -0.2) is 9.48 Å². The number of carbonyl (C=O) groups excluding carboxylic acids is 1. The number of nitrogens with zero attached hydrogens (tertiary/aromatic N) is 3. The quantitative estimate of drug-likeness (QED) is 0.180. The van der Waals surface area contributed by atoms with Crippen molar-refractivity contribution in [3.8, 4) is 5.75 Å². The van der Waals surface area contributed by atoms with Crippen molar-refractivity contribution in [2.24, 2.45) is 0 Å². The van der Waals surface area contributed by atoms with E-state index < -0.39 is 12.0 Å². The van der Waals surface area contributed by atoms with Crippen LogP contribution in [0.5, 0.6) is 5.75 Å². The van der Waals surface area contributed by atoms with Crippen LogP contribution in [-0.4, -0.2) is 32.6 Å². The molecule has 2 aromatic carbocycles. The molecule has 1 N–H and O–H groups in total. The first-order valence-electron chi connectivity index (χ1n) is 12.1. The number of aromatic nitrogens is 3. The van der Waals surface area contributed by atoms with E-state index in [1.54, 1.807) is 16.4 Å². The van der Waals surface area contributed by atoms with E-state index in [0.717, 1.165) is 29.7 Å². The average molecular weight is 527 g/mol. The fraction of sp³-hybridized carbons (Fsp3) is 0.370. The highest BCUT2D eigenvalue weighted by molar-refractivity contribution is 7.99. The van der Waals surface area contributed by atoms with Gasteiger partial charge in [-0.3, -0.25) is 0 Å². The van der Waals surface area contributed by atoms with Crippen molar-refractivity contribution in [2.75, 3.05) is 11.1 Å². The largest absolute Gasteiger partial charge is 0.488 e. The molecule has 36 heavy (non-hydrogen) atoms. The Hall–Kier alpha value is -2.97. The minimum absolute atomic E-state index is 0.262. The number of benzene rings is 2. The van der Waals surface area contributed by atoms with E-state index in [-0.39, 0.29) is 6.10 Å². The van der Waals surface area contributed by atoms with Crippen molar-refractivity contribution < 1.29 is 14.3 Å². The SMILES string of the molecule is CCCCSc1nc2n(n1)C(c1ccccc1OCc1ccccc1Cl)C(C(=O)OC(C)C)=C(C)N2. The van der Waals surface area contributed by atoms with Crippen LogP contribution in [0.25, 0.3) is 0 Å². The number of esters is 1. The molecule has 1 unspecified atom stereocenters. The molecule has 1 aliphatic rings. The maximum atomic E-state index is 13.3. The number of rotatable bonds is 10. The Morgan fingerprint density at radius 3 is 2.69 bits per heavy atom. The molecule has 0 aliphatic carbocycles. The van der Waals surface area contributed by atoms with Gasteiger partial charge in [-0.15, -0.1) is 5.10 Å². The summed E-state index contributed by atoms with van der Waals surface area (Å²) in [6, 6.07) is 14.7. The lowest BCUT2D eigenvalue weighted by atomic mass is 9.95. The third kappa shape index (κ3) is 5.87. The van der Waals surface area contributed by atoms with E-state index in [9.17, 15) is 4.79 Å². The molecule has 4 rings (SSSR count). The van der Waals surface area contributed by atoms with Gasteiger partial charge in [-0.2, -0.15) is 4.98 Å². The van der Waals surface area contributed by atoms with Crippen LogP contribution in [0.1, 0.15) is 57.7 Å². The minimum atomic E-state index is -0.567. The number of carbonyl (C=O) groups is 1. The van der Waals surface area contributed by atoms with Crippen LogP contribution < -0.4 is 10.1 Å². The molecular weight excluding hydrogens is 496 g/mol. The molecule has 0 fully saturated rings. The zero-order chi connectivity index (χ0) is 25.7. The molecule has 0 bridgehead atoms. The number of ether oxygens (including phenoxy) is 2. The van der Waals surface area contributed by atoms with Gasteiger partial charge in [0, 0.05) is 27.6 Å². The second-order valence-electron chi connectivity index (χ2n) is 8.80. The molecular formula is C27H31ClN4O3S. The Morgan fingerprint density at radius 2 is 1.94 bits per heavy atom. The monoisotopic (exact) mass is 526 g/mol. The van der Waals surface area contributed by atoms with Crippen LogP contribution in [0.2, 0.25) is 5.02 Å². The number of fused-ring (bicyclic) bond motifs is 1. The number of hydrogen-bond acceptors (Lipinski definition) is 7. The van der Waals surface area contributed by atoms with Gasteiger partial charge < -0.3 is 14.8 Å². The summed E-state index contributed by atoms with van der Waals surface area (Å²) in [5.41, 5.74) is 2.82. The zero-order valence-electron chi connectivity index (χ0n) is 21.0. The van der Waals surface area contributed by atoms with Gasteiger partial charge in [0.25, 0.3) is 0 Å². The number of anilines is 1. The van der Waals surface area contributed by atoms with Crippen molar-refractivity contribution in [1.82, 2.24) is 14.8 Å². The summed E-state index contributed by atoms with van der Waals surface area (Å²) in [6.07, 6.45) is 1.92. The van der Waals surface area contributed by atoms with E-state index in [1.165, 1.54) is 0 Å². The summed E-state index contributed by atoms with van der Waals surface area (Å²) in [6.45, 7) is 7.98. The Kier molecular flexibility index (Phi) is 8.59. The fourth-order valence-corrected chi connectivity index (χ4v) is 5.04. The van der Waals surface area contributed by atoms with E-state index in [4.69, 9.17) is 31.2 Å². The molecule has 1 atom stereocenters. The summed E-state index contributed by atoms with van der Waals surface area (Å²) in [5.74, 6) is 1.74. The van der Waals surface area contributed by atoms with Crippen molar-refractivity contribution in [2.45, 2.75) is 64.4 Å². The Balaban J connectivity index is 1.75. The first-order chi connectivity index (χ1) is 17.4. The molecule has 2 heterocycles. The van der Waals surface area contributed by atoms with Crippen LogP contribution in [-0.2, 0) is 16.1 Å². The molecule has 9 heteroatoms. The Bertz CT molecular complexity index is 1260. The molecule has 0 radical (unpaired) electrons. The first-order valence-corrected chi connectivity index (χ1v) is 13.5. The third-order valence-corrected chi connectivity index (χ3v) is 6.97. The molecule has 0 spiro atoms. The molecule has 3 aromatic rings. The summed E-state index contributed by atoms with van der Waals surface area (Å²) >= 11 is 7.96. The van der Waals surface area contributed by atoms with Crippen LogP contribution in [0.4, 0.5) is 5.95 Å². The van der Waals surface area contributed by atoms with Crippen LogP contribution in [0, 0.1) is 0 Å². The summed E-state index contributed by atoms with van der Waals surface area (Å²) < 4.78 is 13.7.